The highest BCUT2D eigenvalue weighted by atomic mass is 16.5. The van der Waals surface area contributed by atoms with Crippen molar-refractivity contribution < 1.29 is 4.74 Å². The Morgan fingerprint density at radius 1 is 1.22 bits per heavy atom. The topological polar surface area (TPSA) is 12.5 Å². The second-order valence-corrected chi connectivity index (χ2v) is 3.18. The molecule has 0 aromatic heterocycles. The molecule has 0 aromatic rings. The van der Waals surface area contributed by atoms with Crippen molar-refractivity contribution in [2.75, 3.05) is 20.1 Å². The normalized spacial score (nSPS) is 30.3. The van der Waals surface area contributed by atoms with Gasteiger partial charge in [0, 0.05) is 13.1 Å². The van der Waals surface area contributed by atoms with E-state index in [-0.39, 0.29) is 0 Å². The van der Waals surface area contributed by atoms with Crippen LogP contribution in [0, 0.1) is 0 Å². The molecule has 1 aliphatic heterocycles. The highest BCUT2D eigenvalue weighted by Gasteiger charge is 2.31. The minimum absolute atomic E-state index is 0.572. The number of hydrogen-bond acceptors (Lipinski definition) is 2. The summed E-state index contributed by atoms with van der Waals surface area (Å²) in [6.07, 6.45) is 3.83. The van der Waals surface area contributed by atoms with E-state index >= 15 is 0 Å². The summed E-state index contributed by atoms with van der Waals surface area (Å²) in [5.41, 5.74) is 0. The summed E-state index contributed by atoms with van der Waals surface area (Å²) in [7, 11) is 2.13. The Morgan fingerprint density at radius 3 is 2.33 bits per heavy atom. The van der Waals surface area contributed by atoms with Gasteiger partial charge < -0.3 is 9.64 Å². The zero-order valence-corrected chi connectivity index (χ0v) is 5.84. The molecule has 0 spiro atoms. The van der Waals surface area contributed by atoms with E-state index in [1.165, 1.54) is 12.8 Å². The van der Waals surface area contributed by atoms with E-state index in [0.717, 1.165) is 13.1 Å². The zero-order valence-electron chi connectivity index (χ0n) is 5.84. The first kappa shape index (κ1) is 5.69. The summed E-state index contributed by atoms with van der Waals surface area (Å²) >= 11 is 0. The molecule has 2 heteroatoms. The van der Waals surface area contributed by atoms with Gasteiger partial charge in [0.1, 0.15) is 0 Å². The van der Waals surface area contributed by atoms with Crippen molar-refractivity contribution in [2.45, 2.75) is 25.0 Å². The number of ether oxygens (including phenoxy) is 1. The molecule has 0 atom stereocenters. The van der Waals surface area contributed by atoms with Crippen LogP contribution < -0.4 is 0 Å². The first-order valence-electron chi connectivity index (χ1n) is 3.68. The Labute approximate surface area is 55.8 Å². The Bertz CT molecular complexity index is 105. The fourth-order valence-electron chi connectivity index (χ4n) is 1.20. The molecule has 0 aromatic carbocycles. The smallest absolute Gasteiger partial charge is 0.0832 e. The van der Waals surface area contributed by atoms with Crippen molar-refractivity contribution in [1.29, 1.82) is 0 Å². The molecular weight excluding hydrogens is 114 g/mol. The van der Waals surface area contributed by atoms with Crippen molar-refractivity contribution in [1.82, 2.24) is 4.90 Å². The Kier molecular flexibility index (Phi) is 1.24. The van der Waals surface area contributed by atoms with Crippen LogP contribution in [0.1, 0.15) is 12.8 Å². The summed E-state index contributed by atoms with van der Waals surface area (Å²) in [5.74, 6) is 0. The highest BCUT2D eigenvalue weighted by molar-refractivity contribution is 4.82. The third-order valence-electron chi connectivity index (χ3n) is 1.94. The standard InChI is InChI=1S/C7H13NO/c1-8-4-7(5-8)9-6-2-3-6/h6-7H,2-5H2,1H3. The molecule has 1 aliphatic carbocycles. The van der Waals surface area contributed by atoms with Crippen molar-refractivity contribution in [2.24, 2.45) is 0 Å². The van der Waals surface area contributed by atoms with Gasteiger partial charge in [-0.2, -0.15) is 0 Å². The second-order valence-electron chi connectivity index (χ2n) is 3.18. The van der Waals surface area contributed by atoms with Gasteiger partial charge in [0.25, 0.3) is 0 Å². The van der Waals surface area contributed by atoms with Crippen molar-refractivity contribution in [3.63, 3.8) is 0 Å². The maximum atomic E-state index is 5.63. The third kappa shape index (κ3) is 1.25. The molecule has 0 radical (unpaired) electrons. The van der Waals surface area contributed by atoms with Crippen LogP contribution in [0.25, 0.3) is 0 Å². The lowest BCUT2D eigenvalue weighted by atomic mass is 10.2. The summed E-state index contributed by atoms with van der Waals surface area (Å²) in [6.45, 7) is 2.30. The van der Waals surface area contributed by atoms with Gasteiger partial charge >= 0.3 is 0 Å². The molecule has 9 heavy (non-hydrogen) atoms. The summed E-state index contributed by atoms with van der Waals surface area (Å²) in [5, 5.41) is 0. The van der Waals surface area contributed by atoms with Crippen LogP contribution >= 0.6 is 0 Å². The lowest BCUT2D eigenvalue weighted by Crippen LogP contribution is -2.49. The maximum Gasteiger partial charge on any atom is 0.0832 e. The van der Waals surface area contributed by atoms with Crippen LogP contribution in [0.5, 0.6) is 0 Å². The summed E-state index contributed by atoms with van der Waals surface area (Å²) in [4.78, 5) is 2.28. The van der Waals surface area contributed by atoms with E-state index in [2.05, 4.69) is 11.9 Å². The van der Waals surface area contributed by atoms with Gasteiger partial charge in [-0.15, -0.1) is 0 Å². The van der Waals surface area contributed by atoms with E-state index in [0.29, 0.717) is 12.2 Å². The van der Waals surface area contributed by atoms with Crippen LogP contribution in [0.4, 0.5) is 0 Å². The molecule has 0 amide bonds. The molecular formula is C7H13NO. The van der Waals surface area contributed by atoms with Crippen LogP contribution in [-0.2, 0) is 4.74 Å². The van der Waals surface area contributed by atoms with Gasteiger partial charge in [-0.3, -0.25) is 0 Å². The van der Waals surface area contributed by atoms with Gasteiger partial charge in [0.05, 0.1) is 12.2 Å². The Hall–Kier alpha value is -0.0800. The molecule has 2 aliphatic rings. The Morgan fingerprint density at radius 2 is 1.89 bits per heavy atom. The second kappa shape index (κ2) is 1.96. The van der Waals surface area contributed by atoms with Gasteiger partial charge in [-0.05, 0) is 19.9 Å². The zero-order chi connectivity index (χ0) is 6.27. The first-order valence-corrected chi connectivity index (χ1v) is 3.68. The van der Waals surface area contributed by atoms with Crippen molar-refractivity contribution in [3.8, 4) is 0 Å². The molecule has 1 saturated carbocycles. The molecule has 2 nitrogen and oxygen atoms in total. The molecule has 0 N–H and O–H groups in total. The average Bonchev–Trinajstić information content (AvgIpc) is 2.45. The third-order valence-corrected chi connectivity index (χ3v) is 1.94. The average molecular weight is 127 g/mol. The predicted molar refractivity (Wildman–Crippen MR) is 35.4 cm³/mol. The van der Waals surface area contributed by atoms with Gasteiger partial charge in [-0.25, -0.2) is 0 Å². The van der Waals surface area contributed by atoms with E-state index in [1.807, 2.05) is 0 Å². The molecule has 2 rings (SSSR count). The molecule has 1 saturated heterocycles. The van der Waals surface area contributed by atoms with E-state index in [4.69, 9.17) is 4.74 Å². The van der Waals surface area contributed by atoms with E-state index in [1.54, 1.807) is 0 Å². The number of nitrogens with zero attached hydrogens (tertiary/aromatic N) is 1. The number of rotatable bonds is 2. The molecule has 2 fully saturated rings. The fourth-order valence-corrected chi connectivity index (χ4v) is 1.20. The van der Waals surface area contributed by atoms with E-state index in [9.17, 15) is 0 Å². The fraction of sp³-hybridized carbons (Fsp3) is 1.00. The molecule has 0 bridgehead atoms. The monoisotopic (exact) mass is 127 g/mol. The number of hydrogen-bond donors (Lipinski definition) is 0. The van der Waals surface area contributed by atoms with Gasteiger partial charge in [-0.1, -0.05) is 0 Å². The van der Waals surface area contributed by atoms with Gasteiger partial charge in [0.15, 0.2) is 0 Å². The SMILES string of the molecule is CN1CC(OC2CC2)C1. The quantitative estimate of drug-likeness (QED) is 0.535. The van der Waals surface area contributed by atoms with Crippen LogP contribution in [0.15, 0.2) is 0 Å². The van der Waals surface area contributed by atoms with Crippen LogP contribution in [0.2, 0.25) is 0 Å². The van der Waals surface area contributed by atoms with Crippen LogP contribution in [-0.4, -0.2) is 37.2 Å². The lowest BCUT2D eigenvalue weighted by molar-refractivity contribution is -0.0518. The number of likely N-dealkylation sites (tertiary alicyclic amines) is 1. The van der Waals surface area contributed by atoms with E-state index < -0.39 is 0 Å². The maximum absolute atomic E-state index is 5.63. The summed E-state index contributed by atoms with van der Waals surface area (Å²) in [6, 6.07) is 0. The van der Waals surface area contributed by atoms with Crippen LogP contribution in [0.3, 0.4) is 0 Å². The highest BCUT2D eigenvalue weighted by Crippen LogP contribution is 2.27. The molecule has 1 heterocycles. The molecule has 52 valence electrons. The van der Waals surface area contributed by atoms with Gasteiger partial charge in [0.2, 0.25) is 0 Å². The summed E-state index contributed by atoms with van der Waals surface area (Å²) < 4.78 is 5.63. The largest absolute Gasteiger partial charge is 0.372 e. The number of likely N-dealkylation sites (N-methyl/N-ethyl adjacent to an activating group) is 1. The molecule has 0 unspecified atom stereocenters. The minimum Gasteiger partial charge on any atom is -0.372 e. The lowest BCUT2D eigenvalue weighted by Gasteiger charge is -2.35. The van der Waals surface area contributed by atoms with Crippen molar-refractivity contribution >= 4 is 0 Å². The van der Waals surface area contributed by atoms with Crippen molar-refractivity contribution in [3.05, 3.63) is 0 Å². The first-order chi connectivity index (χ1) is 4.34. The predicted octanol–water partition coefficient (Wildman–Crippen LogP) is 0.479. The minimum atomic E-state index is 0.572. The Balaban J connectivity index is 1.64.